The van der Waals surface area contributed by atoms with Gasteiger partial charge in [0.1, 0.15) is 17.6 Å². The van der Waals surface area contributed by atoms with E-state index in [9.17, 15) is 19.7 Å². The summed E-state index contributed by atoms with van der Waals surface area (Å²) in [6.07, 6.45) is 1.77. The number of non-ortho nitro benzene ring substituents is 1. The number of nitrogens with zero attached hydrogens (tertiary/aromatic N) is 3. The first-order chi connectivity index (χ1) is 18.3. The molecule has 2 aromatic carbocycles. The summed E-state index contributed by atoms with van der Waals surface area (Å²) in [5, 5.41) is 11.2. The number of thiazole rings is 1. The molecule has 0 unspecified atom stereocenters. The van der Waals surface area contributed by atoms with Gasteiger partial charge in [0.25, 0.3) is 11.2 Å². The van der Waals surface area contributed by atoms with Crippen LogP contribution in [0.2, 0.25) is 0 Å². The third-order valence-electron chi connectivity index (χ3n) is 5.90. The summed E-state index contributed by atoms with van der Waals surface area (Å²) in [5.74, 6) is 0.0603. The van der Waals surface area contributed by atoms with Crippen LogP contribution < -0.4 is 14.9 Å². The smallest absolute Gasteiger partial charge is 0.338 e. The van der Waals surface area contributed by atoms with Gasteiger partial charge < -0.3 is 9.15 Å². The highest BCUT2D eigenvalue weighted by atomic mass is 79.9. The van der Waals surface area contributed by atoms with Crippen molar-refractivity contribution in [2.45, 2.75) is 19.9 Å². The minimum Gasteiger partial charge on any atom is -0.463 e. The summed E-state index contributed by atoms with van der Waals surface area (Å²) >= 11 is 4.66. The van der Waals surface area contributed by atoms with Crippen molar-refractivity contribution in [3.63, 3.8) is 0 Å². The number of aromatic nitrogens is 1. The van der Waals surface area contributed by atoms with E-state index in [-0.39, 0.29) is 23.4 Å². The molecule has 2 aromatic heterocycles. The molecule has 0 aliphatic carbocycles. The van der Waals surface area contributed by atoms with E-state index in [4.69, 9.17) is 9.15 Å². The number of furan rings is 1. The van der Waals surface area contributed by atoms with E-state index in [1.54, 1.807) is 44.2 Å². The molecule has 0 fully saturated rings. The van der Waals surface area contributed by atoms with Crippen LogP contribution in [-0.2, 0) is 9.53 Å². The van der Waals surface area contributed by atoms with E-state index >= 15 is 0 Å². The topological polar surface area (TPSA) is 117 Å². The molecule has 0 amide bonds. The van der Waals surface area contributed by atoms with Gasteiger partial charge in [-0.05, 0) is 49.8 Å². The first-order valence-corrected chi connectivity index (χ1v) is 13.2. The standard InChI is InChI=1S/C27H20BrN3O6S/c1-3-36-26(33)23-15(2)29-27-30(25(32)22(38-27)13-16-6-4-8-18(28)12-16)24(23)21-11-10-20(37-21)17-7-5-9-19(14-17)31(34)35/h4-14,24H,3H2,1-2H3/b22-13-/t24-/m0/s1. The van der Waals surface area contributed by atoms with Crippen molar-refractivity contribution in [1.29, 1.82) is 0 Å². The second kappa shape index (κ2) is 10.3. The SMILES string of the molecule is CCOC(=O)C1=C(C)N=c2s/c(=C\c3cccc(Br)c3)c(=O)n2[C@H]1c1ccc(-c2cccc([N+](=O)[O-])c2)o1. The lowest BCUT2D eigenvalue weighted by molar-refractivity contribution is -0.384. The second-order valence-corrected chi connectivity index (χ2v) is 10.3. The first kappa shape index (κ1) is 25.6. The molecule has 0 saturated heterocycles. The Morgan fingerprint density at radius 2 is 2.03 bits per heavy atom. The first-order valence-electron chi connectivity index (χ1n) is 11.6. The van der Waals surface area contributed by atoms with Gasteiger partial charge in [-0.15, -0.1) is 0 Å². The third-order valence-corrected chi connectivity index (χ3v) is 7.38. The molecule has 192 valence electrons. The summed E-state index contributed by atoms with van der Waals surface area (Å²) in [7, 11) is 0. The van der Waals surface area contributed by atoms with Crippen LogP contribution in [0.1, 0.15) is 31.2 Å². The van der Waals surface area contributed by atoms with Gasteiger partial charge in [0.05, 0.1) is 27.3 Å². The Morgan fingerprint density at radius 3 is 2.76 bits per heavy atom. The molecule has 0 spiro atoms. The number of benzene rings is 2. The molecular formula is C27H20BrN3O6S. The molecule has 11 heteroatoms. The lowest BCUT2D eigenvalue weighted by Crippen LogP contribution is -2.39. The fourth-order valence-corrected chi connectivity index (χ4v) is 5.70. The molecule has 3 heterocycles. The van der Waals surface area contributed by atoms with Crippen LogP contribution in [0, 0.1) is 10.1 Å². The van der Waals surface area contributed by atoms with E-state index in [1.165, 1.54) is 28.0 Å². The van der Waals surface area contributed by atoms with Gasteiger partial charge in [-0.1, -0.05) is 51.5 Å². The summed E-state index contributed by atoms with van der Waals surface area (Å²) in [6, 6.07) is 16.0. The van der Waals surface area contributed by atoms with E-state index in [1.807, 2.05) is 24.3 Å². The number of hydrogen-bond donors (Lipinski definition) is 0. The maximum atomic E-state index is 13.7. The number of halogens is 1. The van der Waals surface area contributed by atoms with E-state index in [0.717, 1.165) is 10.0 Å². The van der Waals surface area contributed by atoms with Crippen molar-refractivity contribution >= 4 is 45.0 Å². The van der Waals surface area contributed by atoms with Crippen LogP contribution >= 0.6 is 27.3 Å². The summed E-state index contributed by atoms with van der Waals surface area (Å²) in [4.78, 5) is 42.5. The Morgan fingerprint density at radius 1 is 1.24 bits per heavy atom. The molecular weight excluding hydrogens is 574 g/mol. The highest BCUT2D eigenvalue weighted by Gasteiger charge is 2.35. The van der Waals surface area contributed by atoms with Gasteiger partial charge in [0.2, 0.25) is 0 Å². The van der Waals surface area contributed by atoms with Crippen molar-refractivity contribution in [2.24, 2.45) is 4.99 Å². The number of fused-ring (bicyclic) bond motifs is 1. The van der Waals surface area contributed by atoms with Crippen LogP contribution in [0.15, 0.2) is 90.6 Å². The average Bonchev–Trinajstić information content (AvgIpc) is 3.49. The Balaban J connectivity index is 1.68. The number of hydrogen-bond acceptors (Lipinski definition) is 8. The van der Waals surface area contributed by atoms with E-state index in [0.29, 0.717) is 32.1 Å². The maximum absolute atomic E-state index is 13.7. The maximum Gasteiger partial charge on any atom is 0.338 e. The third kappa shape index (κ3) is 4.77. The fraction of sp³-hybridized carbons (Fsp3) is 0.148. The van der Waals surface area contributed by atoms with Crippen molar-refractivity contribution < 1.29 is 18.9 Å². The minimum absolute atomic E-state index is 0.0797. The highest BCUT2D eigenvalue weighted by molar-refractivity contribution is 9.10. The molecule has 5 rings (SSSR count). The van der Waals surface area contributed by atoms with Gasteiger partial charge in [0.15, 0.2) is 4.80 Å². The van der Waals surface area contributed by atoms with Crippen molar-refractivity contribution in [1.82, 2.24) is 4.57 Å². The number of allylic oxidation sites excluding steroid dienone is 1. The van der Waals surface area contributed by atoms with Crippen molar-refractivity contribution in [3.05, 3.63) is 118 Å². The summed E-state index contributed by atoms with van der Waals surface area (Å²) < 4.78 is 14.2. The average molecular weight is 594 g/mol. The zero-order valence-corrected chi connectivity index (χ0v) is 22.6. The van der Waals surface area contributed by atoms with Crippen LogP contribution in [0.25, 0.3) is 17.4 Å². The van der Waals surface area contributed by atoms with Gasteiger partial charge in [0, 0.05) is 22.2 Å². The number of nitro groups is 1. The molecule has 1 atom stereocenters. The molecule has 0 bridgehead atoms. The molecule has 0 N–H and O–H groups in total. The number of rotatable bonds is 6. The molecule has 4 aromatic rings. The monoisotopic (exact) mass is 593 g/mol. The fourth-order valence-electron chi connectivity index (χ4n) is 4.24. The minimum atomic E-state index is -0.928. The van der Waals surface area contributed by atoms with Crippen LogP contribution in [0.3, 0.4) is 0 Å². The van der Waals surface area contributed by atoms with Gasteiger partial charge in [-0.3, -0.25) is 19.5 Å². The van der Waals surface area contributed by atoms with E-state index < -0.39 is 16.9 Å². The number of nitro benzene ring substituents is 1. The summed E-state index contributed by atoms with van der Waals surface area (Å²) in [6.45, 7) is 3.53. The predicted molar refractivity (Wildman–Crippen MR) is 145 cm³/mol. The Kier molecular flexibility index (Phi) is 6.96. The molecule has 1 aliphatic rings. The van der Waals surface area contributed by atoms with E-state index in [2.05, 4.69) is 20.9 Å². The van der Waals surface area contributed by atoms with Gasteiger partial charge >= 0.3 is 5.97 Å². The predicted octanol–water partition coefficient (Wildman–Crippen LogP) is 4.73. The zero-order chi connectivity index (χ0) is 27.0. The number of carbonyl (C=O) groups excluding carboxylic acids is 1. The number of esters is 1. The largest absolute Gasteiger partial charge is 0.463 e. The Hall–Kier alpha value is -4.09. The van der Waals surface area contributed by atoms with Crippen LogP contribution in [-0.4, -0.2) is 22.1 Å². The molecule has 1 aliphatic heterocycles. The normalized spacial score (nSPS) is 15.2. The molecule has 0 radical (unpaired) electrons. The van der Waals surface area contributed by atoms with Crippen LogP contribution in [0.4, 0.5) is 5.69 Å². The van der Waals surface area contributed by atoms with Crippen molar-refractivity contribution in [3.8, 4) is 11.3 Å². The molecule has 38 heavy (non-hydrogen) atoms. The van der Waals surface area contributed by atoms with Gasteiger partial charge in [-0.2, -0.15) is 0 Å². The molecule has 9 nitrogen and oxygen atoms in total. The van der Waals surface area contributed by atoms with Crippen LogP contribution in [0.5, 0.6) is 0 Å². The summed E-state index contributed by atoms with van der Waals surface area (Å²) in [5.41, 5.74) is 1.51. The number of carbonyl (C=O) groups is 1. The highest BCUT2D eigenvalue weighted by Crippen LogP contribution is 2.34. The Labute approximate surface area is 228 Å². The second-order valence-electron chi connectivity index (χ2n) is 8.37. The lowest BCUT2D eigenvalue weighted by Gasteiger charge is -2.22. The number of ether oxygens (including phenoxy) is 1. The van der Waals surface area contributed by atoms with Gasteiger partial charge in [-0.25, -0.2) is 9.79 Å². The lowest BCUT2D eigenvalue weighted by atomic mass is 10.0. The molecule has 0 saturated carbocycles. The zero-order valence-electron chi connectivity index (χ0n) is 20.2. The van der Waals surface area contributed by atoms with Crippen molar-refractivity contribution in [2.75, 3.05) is 6.61 Å². The quantitative estimate of drug-likeness (QED) is 0.181. The Bertz CT molecular complexity index is 1800.